The molecule has 1 N–H and O–H groups in total. The Morgan fingerprint density at radius 2 is 1.69 bits per heavy atom. The Hall–Kier alpha value is -3.28. The lowest BCUT2D eigenvalue weighted by Gasteiger charge is -2.17. The highest BCUT2D eigenvalue weighted by Crippen LogP contribution is 2.14. The summed E-state index contributed by atoms with van der Waals surface area (Å²) in [5.41, 5.74) is 2.25. The fourth-order valence-corrected chi connectivity index (χ4v) is 2.46. The molecule has 0 atom stereocenters. The van der Waals surface area contributed by atoms with Crippen LogP contribution in [0.5, 0.6) is 0 Å². The second kappa shape index (κ2) is 8.20. The first-order chi connectivity index (χ1) is 12.6. The Morgan fingerprint density at radius 3 is 2.35 bits per heavy atom. The number of carbonyl (C=O) groups is 1. The van der Waals surface area contributed by atoms with Gasteiger partial charge in [-0.05, 0) is 36.2 Å². The van der Waals surface area contributed by atoms with E-state index in [0.29, 0.717) is 18.1 Å². The summed E-state index contributed by atoms with van der Waals surface area (Å²) in [6.07, 6.45) is 3.74. The molecular formula is C20H19FN4O. The number of carbonyl (C=O) groups excluding carboxylic acids is 1. The molecule has 0 fully saturated rings. The van der Waals surface area contributed by atoms with E-state index in [9.17, 15) is 9.18 Å². The van der Waals surface area contributed by atoms with E-state index < -0.39 is 0 Å². The van der Waals surface area contributed by atoms with Gasteiger partial charge in [0, 0.05) is 31.7 Å². The third-order valence-corrected chi connectivity index (χ3v) is 3.96. The molecule has 1 aromatic heterocycles. The highest BCUT2D eigenvalue weighted by Gasteiger charge is 2.14. The molecule has 0 spiro atoms. The van der Waals surface area contributed by atoms with Gasteiger partial charge in [0.2, 0.25) is 5.95 Å². The third kappa shape index (κ3) is 4.42. The van der Waals surface area contributed by atoms with Crippen LogP contribution in [0.15, 0.2) is 67.0 Å². The molecule has 26 heavy (non-hydrogen) atoms. The lowest BCUT2D eigenvalue weighted by atomic mass is 10.1. The Labute approximate surface area is 151 Å². The molecule has 0 aliphatic rings. The second-order valence-corrected chi connectivity index (χ2v) is 5.80. The van der Waals surface area contributed by atoms with Gasteiger partial charge in [-0.3, -0.25) is 4.79 Å². The normalized spacial score (nSPS) is 10.4. The maximum absolute atomic E-state index is 12.9. The van der Waals surface area contributed by atoms with Crippen molar-refractivity contribution in [2.75, 3.05) is 23.8 Å². The number of halogens is 1. The molecule has 2 aromatic carbocycles. The largest absolute Gasteiger partial charge is 0.354 e. The Bertz CT molecular complexity index is 851. The molecule has 0 saturated heterocycles. The monoisotopic (exact) mass is 350 g/mol. The van der Waals surface area contributed by atoms with Crippen molar-refractivity contribution in [3.63, 3.8) is 0 Å². The van der Waals surface area contributed by atoms with Crippen LogP contribution in [-0.2, 0) is 6.42 Å². The van der Waals surface area contributed by atoms with E-state index in [4.69, 9.17) is 0 Å². The van der Waals surface area contributed by atoms with Gasteiger partial charge in [0.15, 0.2) is 0 Å². The van der Waals surface area contributed by atoms with E-state index in [1.54, 1.807) is 24.1 Å². The van der Waals surface area contributed by atoms with E-state index in [-0.39, 0.29) is 11.7 Å². The smallest absolute Gasteiger partial charge is 0.261 e. The minimum atomic E-state index is -0.245. The molecule has 6 heteroatoms. The van der Waals surface area contributed by atoms with Gasteiger partial charge in [-0.25, -0.2) is 14.4 Å². The quantitative estimate of drug-likeness (QED) is 0.739. The molecule has 0 aliphatic carbocycles. The number of benzene rings is 2. The van der Waals surface area contributed by atoms with E-state index in [1.807, 2.05) is 30.3 Å². The molecule has 3 aromatic rings. The molecule has 1 heterocycles. The van der Waals surface area contributed by atoms with Crippen molar-refractivity contribution < 1.29 is 9.18 Å². The zero-order valence-corrected chi connectivity index (χ0v) is 14.4. The molecule has 0 aliphatic heterocycles. The first-order valence-electron chi connectivity index (χ1n) is 8.27. The van der Waals surface area contributed by atoms with Crippen LogP contribution in [0.25, 0.3) is 0 Å². The van der Waals surface area contributed by atoms with Crippen molar-refractivity contribution in [1.29, 1.82) is 0 Å². The SMILES string of the molecule is CN(C(=O)c1cnc(NCCc2ccc(F)cc2)nc1)c1ccccc1. The average molecular weight is 350 g/mol. The highest BCUT2D eigenvalue weighted by atomic mass is 19.1. The Kier molecular flexibility index (Phi) is 5.53. The molecular weight excluding hydrogens is 331 g/mol. The molecule has 5 nitrogen and oxygen atoms in total. The van der Waals surface area contributed by atoms with Crippen LogP contribution in [-0.4, -0.2) is 29.5 Å². The van der Waals surface area contributed by atoms with Gasteiger partial charge in [0.05, 0.1) is 5.56 Å². The number of para-hydroxylation sites is 1. The first-order valence-corrected chi connectivity index (χ1v) is 8.27. The number of aromatic nitrogens is 2. The molecule has 1 amide bonds. The van der Waals surface area contributed by atoms with Gasteiger partial charge in [0.1, 0.15) is 5.82 Å². The molecule has 0 saturated carbocycles. The number of hydrogen-bond acceptors (Lipinski definition) is 4. The zero-order valence-electron chi connectivity index (χ0n) is 14.4. The van der Waals surface area contributed by atoms with E-state index in [0.717, 1.165) is 17.7 Å². The number of nitrogens with one attached hydrogen (secondary N) is 1. The Morgan fingerprint density at radius 1 is 1.04 bits per heavy atom. The molecule has 3 rings (SSSR count). The van der Waals surface area contributed by atoms with Gasteiger partial charge in [-0.2, -0.15) is 0 Å². The summed E-state index contributed by atoms with van der Waals surface area (Å²) >= 11 is 0. The number of rotatable bonds is 6. The Balaban J connectivity index is 1.56. The molecule has 132 valence electrons. The topological polar surface area (TPSA) is 58.1 Å². The first kappa shape index (κ1) is 17.5. The van der Waals surface area contributed by atoms with Gasteiger partial charge in [-0.15, -0.1) is 0 Å². The molecule has 0 unspecified atom stereocenters. The van der Waals surface area contributed by atoms with Crippen LogP contribution in [0.4, 0.5) is 16.0 Å². The van der Waals surface area contributed by atoms with Crippen LogP contribution < -0.4 is 10.2 Å². The summed E-state index contributed by atoms with van der Waals surface area (Å²) < 4.78 is 12.9. The summed E-state index contributed by atoms with van der Waals surface area (Å²) in [7, 11) is 1.71. The molecule has 0 radical (unpaired) electrons. The van der Waals surface area contributed by atoms with Crippen LogP contribution in [0.2, 0.25) is 0 Å². The standard InChI is InChI=1S/C20H19FN4O/c1-25(18-5-3-2-4-6-18)19(26)16-13-23-20(24-14-16)22-12-11-15-7-9-17(21)10-8-15/h2-10,13-14H,11-12H2,1H3,(H,22,23,24). The fraction of sp³-hybridized carbons (Fsp3) is 0.150. The van der Waals surface area contributed by atoms with Crippen molar-refractivity contribution in [2.45, 2.75) is 6.42 Å². The number of amides is 1. The summed E-state index contributed by atoms with van der Waals surface area (Å²) in [6.45, 7) is 0.614. The van der Waals surface area contributed by atoms with Gasteiger partial charge in [0.25, 0.3) is 5.91 Å². The van der Waals surface area contributed by atoms with Crippen molar-refractivity contribution in [3.05, 3.63) is 83.9 Å². The van der Waals surface area contributed by atoms with Crippen LogP contribution >= 0.6 is 0 Å². The van der Waals surface area contributed by atoms with Crippen LogP contribution in [0, 0.1) is 5.82 Å². The van der Waals surface area contributed by atoms with E-state index in [2.05, 4.69) is 15.3 Å². The number of anilines is 2. The van der Waals surface area contributed by atoms with Gasteiger partial charge >= 0.3 is 0 Å². The minimum Gasteiger partial charge on any atom is -0.354 e. The van der Waals surface area contributed by atoms with Crippen molar-refractivity contribution >= 4 is 17.5 Å². The molecule has 0 bridgehead atoms. The maximum atomic E-state index is 12.9. The summed E-state index contributed by atoms with van der Waals surface area (Å²) in [5.74, 6) is 0.0332. The minimum absolute atomic E-state index is 0.172. The van der Waals surface area contributed by atoms with Gasteiger partial charge < -0.3 is 10.2 Å². The van der Waals surface area contributed by atoms with Gasteiger partial charge in [-0.1, -0.05) is 30.3 Å². The predicted molar refractivity (Wildman–Crippen MR) is 99.8 cm³/mol. The fourth-order valence-electron chi connectivity index (χ4n) is 2.46. The van der Waals surface area contributed by atoms with Crippen molar-refractivity contribution in [2.24, 2.45) is 0 Å². The van der Waals surface area contributed by atoms with E-state index in [1.165, 1.54) is 24.5 Å². The third-order valence-electron chi connectivity index (χ3n) is 3.96. The van der Waals surface area contributed by atoms with Crippen LogP contribution in [0.1, 0.15) is 15.9 Å². The summed E-state index contributed by atoms with van der Waals surface area (Å²) in [6, 6.07) is 15.8. The summed E-state index contributed by atoms with van der Waals surface area (Å²) in [5, 5.41) is 3.09. The van der Waals surface area contributed by atoms with Crippen molar-refractivity contribution in [1.82, 2.24) is 9.97 Å². The number of nitrogens with zero attached hydrogens (tertiary/aromatic N) is 3. The lowest BCUT2D eigenvalue weighted by molar-refractivity contribution is 0.0992. The second-order valence-electron chi connectivity index (χ2n) is 5.80. The van der Waals surface area contributed by atoms with E-state index >= 15 is 0 Å². The highest BCUT2D eigenvalue weighted by molar-refractivity contribution is 6.05. The van der Waals surface area contributed by atoms with Crippen molar-refractivity contribution in [3.8, 4) is 0 Å². The van der Waals surface area contributed by atoms with Crippen LogP contribution in [0.3, 0.4) is 0 Å². The number of hydrogen-bond donors (Lipinski definition) is 1. The predicted octanol–water partition coefficient (Wildman–Crippen LogP) is 3.55. The maximum Gasteiger partial charge on any atom is 0.261 e. The lowest BCUT2D eigenvalue weighted by Crippen LogP contribution is -2.26. The summed E-state index contributed by atoms with van der Waals surface area (Å²) in [4.78, 5) is 22.4. The zero-order chi connectivity index (χ0) is 18.4. The average Bonchev–Trinajstić information content (AvgIpc) is 2.69.